The highest BCUT2D eigenvalue weighted by Crippen LogP contribution is 2.32. The van der Waals surface area contributed by atoms with Gasteiger partial charge in [-0.15, -0.1) is 0 Å². The Bertz CT molecular complexity index is 765. The van der Waals surface area contributed by atoms with Crippen molar-refractivity contribution in [2.75, 3.05) is 19.8 Å². The molecule has 0 N–H and O–H groups in total. The standard InChI is InChI=1S/C18H18N2O5S/c1-12(2)11-25-16(21)10-20-17(22)15(26-18(20)23)9-13-3-5-14(6-4-13)24-8-7-19/h3-6,9,12H,8,10-11H2,1-2H3/b15-9-. The van der Waals surface area contributed by atoms with Crippen molar-refractivity contribution in [1.29, 1.82) is 5.26 Å². The van der Waals surface area contributed by atoms with E-state index in [1.807, 2.05) is 19.9 Å². The van der Waals surface area contributed by atoms with Crippen molar-refractivity contribution in [1.82, 2.24) is 4.90 Å². The molecule has 0 atom stereocenters. The summed E-state index contributed by atoms with van der Waals surface area (Å²) in [6.45, 7) is 3.59. The highest BCUT2D eigenvalue weighted by Gasteiger charge is 2.36. The first-order valence-corrected chi connectivity index (χ1v) is 8.73. The second kappa shape index (κ2) is 9.06. The van der Waals surface area contributed by atoms with Crippen LogP contribution in [0.5, 0.6) is 5.75 Å². The van der Waals surface area contributed by atoms with Gasteiger partial charge in [0.1, 0.15) is 18.4 Å². The zero-order valence-corrected chi connectivity index (χ0v) is 15.2. The molecule has 1 saturated heterocycles. The summed E-state index contributed by atoms with van der Waals surface area (Å²) in [4.78, 5) is 37.2. The zero-order valence-electron chi connectivity index (χ0n) is 14.4. The van der Waals surface area contributed by atoms with E-state index in [1.165, 1.54) is 0 Å². The lowest BCUT2D eigenvalue weighted by Gasteiger charge is -2.12. The van der Waals surface area contributed by atoms with E-state index in [-0.39, 0.29) is 24.0 Å². The number of carbonyl (C=O) groups is 3. The van der Waals surface area contributed by atoms with Crippen molar-refractivity contribution >= 4 is 35.0 Å². The number of esters is 1. The minimum atomic E-state index is -0.610. The van der Waals surface area contributed by atoms with Crippen LogP contribution >= 0.6 is 11.8 Å². The van der Waals surface area contributed by atoms with Gasteiger partial charge in [0, 0.05) is 0 Å². The van der Waals surface area contributed by atoms with Gasteiger partial charge in [0.2, 0.25) is 0 Å². The van der Waals surface area contributed by atoms with E-state index in [1.54, 1.807) is 30.3 Å². The summed E-state index contributed by atoms with van der Waals surface area (Å²) in [6.07, 6.45) is 1.57. The molecule has 2 amide bonds. The van der Waals surface area contributed by atoms with E-state index in [9.17, 15) is 14.4 Å². The highest BCUT2D eigenvalue weighted by atomic mass is 32.2. The van der Waals surface area contributed by atoms with Gasteiger partial charge in [0.05, 0.1) is 11.5 Å². The largest absolute Gasteiger partial charge is 0.479 e. The number of thioether (sulfide) groups is 1. The van der Waals surface area contributed by atoms with Gasteiger partial charge in [0.25, 0.3) is 11.1 Å². The molecule has 1 aromatic carbocycles. The number of nitrogens with zero attached hydrogens (tertiary/aromatic N) is 2. The van der Waals surface area contributed by atoms with Crippen LogP contribution < -0.4 is 4.74 Å². The smallest absolute Gasteiger partial charge is 0.326 e. The van der Waals surface area contributed by atoms with E-state index < -0.39 is 23.7 Å². The van der Waals surface area contributed by atoms with Crippen LogP contribution in [0, 0.1) is 17.2 Å². The molecule has 1 aliphatic rings. The number of amides is 2. The Hall–Kier alpha value is -2.79. The maximum absolute atomic E-state index is 12.3. The monoisotopic (exact) mass is 374 g/mol. The summed E-state index contributed by atoms with van der Waals surface area (Å²) in [5, 5.41) is 7.98. The molecule has 0 radical (unpaired) electrons. The third kappa shape index (κ3) is 5.36. The molecule has 0 spiro atoms. The molecule has 0 saturated carbocycles. The number of hydrogen-bond acceptors (Lipinski definition) is 7. The molecule has 8 heteroatoms. The Balaban J connectivity index is 2.02. The molecule has 136 valence electrons. The third-order valence-corrected chi connectivity index (χ3v) is 4.13. The lowest BCUT2D eigenvalue weighted by Crippen LogP contribution is -2.34. The fourth-order valence-electron chi connectivity index (χ4n) is 2.00. The maximum atomic E-state index is 12.3. The predicted octanol–water partition coefficient (Wildman–Crippen LogP) is 2.82. The van der Waals surface area contributed by atoms with E-state index in [0.29, 0.717) is 11.3 Å². The quantitative estimate of drug-likeness (QED) is 0.535. The van der Waals surface area contributed by atoms with Crippen molar-refractivity contribution in [2.24, 2.45) is 5.92 Å². The molecule has 1 aliphatic heterocycles. The fraction of sp³-hybridized carbons (Fsp3) is 0.333. The van der Waals surface area contributed by atoms with Gasteiger partial charge in [-0.1, -0.05) is 26.0 Å². The number of nitriles is 1. The second-order valence-corrected chi connectivity index (χ2v) is 6.85. The summed E-state index contributed by atoms with van der Waals surface area (Å²) in [7, 11) is 0. The van der Waals surface area contributed by atoms with E-state index in [2.05, 4.69) is 0 Å². The molecule has 1 heterocycles. The van der Waals surface area contributed by atoms with Gasteiger partial charge >= 0.3 is 5.97 Å². The van der Waals surface area contributed by atoms with Crippen LogP contribution in [-0.2, 0) is 14.3 Å². The summed E-state index contributed by atoms with van der Waals surface area (Å²) in [5.74, 6) is -0.425. The van der Waals surface area contributed by atoms with Crippen molar-refractivity contribution < 1.29 is 23.9 Å². The van der Waals surface area contributed by atoms with Gasteiger partial charge in [0.15, 0.2) is 6.61 Å². The second-order valence-electron chi connectivity index (χ2n) is 5.86. The molecule has 0 aromatic heterocycles. The van der Waals surface area contributed by atoms with Gasteiger partial charge < -0.3 is 9.47 Å². The average Bonchev–Trinajstić information content (AvgIpc) is 2.87. The van der Waals surface area contributed by atoms with Crippen LogP contribution in [0.3, 0.4) is 0 Å². The van der Waals surface area contributed by atoms with Crippen LogP contribution in [0.2, 0.25) is 0 Å². The first kappa shape index (κ1) is 19.5. The minimum absolute atomic E-state index is 0.0505. The van der Waals surface area contributed by atoms with Crippen LogP contribution in [-0.4, -0.2) is 41.8 Å². The lowest BCUT2D eigenvalue weighted by molar-refractivity contribution is -0.147. The Morgan fingerprint density at radius 2 is 2.00 bits per heavy atom. The fourth-order valence-corrected chi connectivity index (χ4v) is 2.84. The lowest BCUT2D eigenvalue weighted by atomic mass is 10.2. The van der Waals surface area contributed by atoms with E-state index in [0.717, 1.165) is 16.7 Å². The van der Waals surface area contributed by atoms with Gasteiger partial charge in [-0.3, -0.25) is 19.3 Å². The SMILES string of the molecule is CC(C)COC(=O)CN1C(=O)S/C(=C\c2ccc(OCC#N)cc2)C1=O. The van der Waals surface area contributed by atoms with Crippen molar-refractivity contribution in [2.45, 2.75) is 13.8 Å². The average molecular weight is 374 g/mol. The number of ether oxygens (including phenoxy) is 2. The number of hydrogen-bond donors (Lipinski definition) is 0. The van der Waals surface area contributed by atoms with Gasteiger partial charge in [-0.2, -0.15) is 5.26 Å². The first-order chi connectivity index (χ1) is 12.4. The Labute approximate surface area is 155 Å². The van der Waals surface area contributed by atoms with Crippen LogP contribution in [0.4, 0.5) is 4.79 Å². The molecule has 1 aromatic rings. The van der Waals surface area contributed by atoms with Crippen LogP contribution in [0.1, 0.15) is 19.4 Å². The number of carbonyl (C=O) groups excluding carboxylic acids is 3. The third-order valence-electron chi connectivity index (χ3n) is 3.22. The molecular formula is C18H18N2O5S. The number of imide groups is 1. The predicted molar refractivity (Wildman–Crippen MR) is 96.0 cm³/mol. The van der Waals surface area contributed by atoms with Crippen molar-refractivity contribution in [3.63, 3.8) is 0 Å². The first-order valence-electron chi connectivity index (χ1n) is 7.91. The van der Waals surface area contributed by atoms with Crippen molar-refractivity contribution in [3.8, 4) is 11.8 Å². The molecule has 7 nitrogen and oxygen atoms in total. The van der Waals surface area contributed by atoms with Gasteiger partial charge in [-0.05, 0) is 41.5 Å². The Morgan fingerprint density at radius 1 is 1.31 bits per heavy atom. The van der Waals surface area contributed by atoms with Crippen LogP contribution in [0.15, 0.2) is 29.2 Å². The molecule has 2 rings (SSSR count). The topological polar surface area (TPSA) is 96.7 Å². The number of rotatable bonds is 7. The molecule has 0 unspecified atom stereocenters. The summed E-state index contributed by atoms with van der Waals surface area (Å²) in [5.41, 5.74) is 0.696. The normalized spacial score (nSPS) is 15.5. The highest BCUT2D eigenvalue weighted by molar-refractivity contribution is 8.18. The Kier molecular flexibility index (Phi) is 6.81. The number of benzene rings is 1. The molecule has 26 heavy (non-hydrogen) atoms. The molecule has 0 bridgehead atoms. The van der Waals surface area contributed by atoms with Crippen molar-refractivity contribution in [3.05, 3.63) is 34.7 Å². The van der Waals surface area contributed by atoms with Crippen LogP contribution in [0.25, 0.3) is 6.08 Å². The molecule has 1 fully saturated rings. The van der Waals surface area contributed by atoms with E-state index in [4.69, 9.17) is 14.7 Å². The molecule has 0 aliphatic carbocycles. The summed E-state index contributed by atoms with van der Waals surface area (Å²) < 4.78 is 10.2. The molecular weight excluding hydrogens is 356 g/mol. The van der Waals surface area contributed by atoms with E-state index >= 15 is 0 Å². The minimum Gasteiger partial charge on any atom is -0.479 e. The Morgan fingerprint density at radius 3 is 2.62 bits per heavy atom. The van der Waals surface area contributed by atoms with Gasteiger partial charge in [-0.25, -0.2) is 0 Å². The zero-order chi connectivity index (χ0) is 19.1. The summed E-state index contributed by atoms with van der Waals surface area (Å²) >= 11 is 0.778. The maximum Gasteiger partial charge on any atom is 0.326 e. The summed E-state index contributed by atoms with van der Waals surface area (Å²) in [6, 6.07) is 8.61.